The lowest BCUT2D eigenvalue weighted by molar-refractivity contribution is 0.370. The average molecular weight is 333 g/mol. The number of benzene rings is 1. The van der Waals surface area contributed by atoms with Gasteiger partial charge in [-0.15, -0.1) is 0 Å². The van der Waals surface area contributed by atoms with Crippen molar-refractivity contribution in [1.82, 2.24) is 14.2 Å². The van der Waals surface area contributed by atoms with Crippen LogP contribution < -0.4 is 4.72 Å². The third kappa shape index (κ3) is 3.49. The van der Waals surface area contributed by atoms with Gasteiger partial charge in [0.05, 0.1) is 5.75 Å². The minimum atomic E-state index is -3.20. The summed E-state index contributed by atoms with van der Waals surface area (Å²) >= 11 is 0. The average Bonchev–Trinajstić information content (AvgIpc) is 2.93. The predicted molar refractivity (Wildman–Crippen MR) is 94.9 cm³/mol. The quantitative estimate of drug-likeness (QED) is 0.909. The van der Waals surface area contributed by atoms with E-state index in [-0.39, 0.29) is 5.75 Å². The number of nitrogens with one attached hydrogen (secondary N) is 1. The lowest BCUT2D eigenvalue weighted by Gasteiger charge is -2.21. The fourth-order valence-corrected chi connectivity index (χ4v) is 3.66. The normalized spacial score (nSPS) is 16.7. The maximum atomic E-state index is 11.7. The number of aryl methyl sites for hydroxylation is 1. The molecule has 0 unspecified atom stereocenters. The molecule has 0 amide bonds. The number of sulfonamides is 1. The van der Waals surface area contributed by atoms with Crippen LogP contribution in [0.4, 0.5) is 0 Å². The highest BCUT2D eigenvalue weighted by Crippen LogP contribution is 2.30. The second kappa shape index (κ2) is 6.47. The van der Waals surface area contributed by atoms with Crippen LogP contribution in [-0.2, 0) is 16.6 Å². The highest BCUT2D eigenvalue weighted by Gasteiger charge is 2.16. The SMILES string of the molecule is CNS(=O)(=O)CCn1cc(C2=CCN(C)CC2)c2ccccc21. The van der Waals surface area contributed by atoms with Gasteiger partial charge in [0.2, 0.25) is 10.0 Å². The maximum absolute atomic E-state index is 11.7. The van der Waals surface area contributed by atoms with Gasteiger partial charge in [0, 0.05) is 42.3 Å². The Kier molecular flexibility index (Phi) is 4.57. The molecule has 23 heavy (non-hydrogen) atoms. The van der Waals surface area contributed by atoms with Crippen molar-refractivity contribution in [3.8, 4) is 0 Å². The molecule has 1 aliphatic heterocycles. The summed E-state index contributed by atoms with van der Waals surface area (Å²) in [5, 5.41) is 1.20. The van der Waals surface area contributed by atoms with Gasteiger partial charge in [0.1, 0.15) is 0 Å². The Hall–Kier alpha value is -1.63. The summed E-state index contributed by atoms with van der Waals surface area (Å²) in [7, 11) is 0.379. The zero-order valence-electron chi connectivity index (χ0n) is 13.6. The van der Waals surface area contributed by atoms with Crippen molar-refractivity contribution in [2.75, 3.05) is 32.9 Å². The second-order valence-electron chi connectivity index (χ2n) is 6.02. The summed E-state index contributed by atoms with van der Waals surface area (Å²) in [4.78, 5) is 2.29. The molecule has 1 aromatic carbocycles. The fraction of sp³-hybridized carbons (Fsp3) is 0.412. The van der Waals surface area contributed by atoms with E-state index < -0.39 is 10.0 Å². The standard InChI is InChI=1S/C17H23N3O2S/c1-18-23(21,22)12-11-20-13-16(14-7-9-19(2)10-8-14)15-5-3-4-6-17(15)20/h3-7,13,18H,8-12H2,1-2H3. The van der Waals surface area contributed by atoms with Crippen molar-refractivity contribution < 1.29 is 8.42 Å². The number of para-hydroxylation sites is 1. The lowest BCUT2D eigenvalue weighted by Crippen LogP contribution is -2.24. The van der Waals surface area contributed by atoms with Crippen LogP contribution in [-0.4, -0.2) is 50.8 Å². The van der Waals surface area contributed by atoms with Crippen molar-refractivity contribution in [2.24, 2.45) is 0 Å². The van der Waals surface area contributed by atoms with E-state index in [1.807, 2.05) is 12.1 Å². The molecule has 1 N–H and O–H groups in total. The van der Waals surface area contributed by atoms with Crippen LogP contribution in [0.25, 0.3) is 16.5 Å². The summed E-state index contributed by atoms with van der Waals surface area (Å²) in [5.41, 5.74) is 3.68. The van der Waals surface area contributed by atoms with Crippen LogP contribution in [0.15, 0.2) is 36.5 Å². The van der Waals surface area contributed by atoms with E-state index in [9.17, 15) is 8.42 Å². The van der Waals surface area contributed by atoms with E-state index in [4.69, 9.17) is 0 Å². The number of rotatable bonds is 5. The van der Waals surface area contributed by atoms with Crippen molar-refractivity contribution in [3.05, 3.63) is 42.1 Å². The maximum Gasteiger partial charge on any atom is 0.213 e. The molecule has 0 spiro atoms. The first kappa shape index (κ1) is 16.2. The third-order valence-corrected chi connectivity index (χ3v) is 5.80. The van der Waals surface area contributed by atoms with Gasteiger partial charge in [-0.05, 0) is 32.2 Å². The molecule has 0 saturated heterocycles. The van der Waals surface area contributed by atoms with E-state index in [0.717, 1.165) is 25.0 Å². The second-order valence-corrected chi connectivity index (χ2v) is 8.06. The minimum absolute atomic E-state index is 0.0867. The molecule has 0 fully saturated rings. The number of hydrogen-bond donors (Lipinski definition) is 1. The Morgan fingerprint density at radius 1 is 1.26 bits per heavy atom. The van der Waals surface area contributed by atoms with Crippen LogP contribution in [0.1, 0.15) is 12.0 Å². The van der Waals surface area contributed by atoms with Crippen LogP contribution >= 0.6 is 0 Å². The van der Waals surface area contributed by atoms with Gasteiger partial charge in [0.25, 0.3) is 0 Å². The first-order valence-corrected chi connectivity index (χ1v) is 9.52. The molecule has 0 saturated carbocycles. The van der Waals surface area contributed by atoms with Crippen molar-refractivity contribution >= 4 is 26.5 Å². The molecule has 124 valence electrons. The number of likely N-dealkylation sites (N-methyl/N-ethyl adjacent to an activating group) is 1. The summed E-state index contributed by atoms with van der Waals surface area (Å²) in [6, 6.07) is 8.21. The molecule has 2 heterocycles. The van der Waals surface area contributed by atoms with Crippen LogP contribution in [0.3, 0.4) is 0 Å². The van der Waals surface area contributed by atoms with Gasteiger partial charge in [-0.1, -0.05) is 24.3 Å². The van der Waals surface area contributed by atoms with Crippen molar-refractivity contribution in [1.29, 1.82) is 0 Å². The molecular weight excluding hydrogens is 310 g/mol. The van der Waals surface area contributed by atoms with E-state index >= 15 is 0 Å². The van der Waals surface area contributed by atoms with Crippen LogP contribution in [0, 0.1) is 0 Å². The number of aromatic nitrogens is 1. The number of nitrogens with zero attached hydrogens (tertiary/aromatic N) is 2. The Bertz CT molecular complexity index is 837. The molecule has 1 aromatic heterocycles. The zero-order chi connectivity index (χ0) is 16.4. The van der Waals surface area contributed by atoms with Gasteiger partial charge < -0.3 is 9.47 Å². The largest absolute Gasteiger partial charge is 0.346 e. The van der Waals surface area contributed by atoms with Crippen molar-refractivity contribution in [2.45, 2.75) is 13.0 Å². The van der Waals surface area contributed by atoms with Crippen LogP contribution in [0.5, 0.6) is 0 Å². The Labute approximate surface area is 137 Å². The summed E-state index contributed by atoms with van der Waals surface area (Å²) in [6.07, 6.45) is 5.41. The Balaban J connectivity index is 1.97. The number of hydrogen-bond acceptors (Lipinski definition) is 3. The monoisotopic (exact) mass is 333 g/mol. The summed E-state index contributed by atoms with van der Waals surface area (Å²) in [6.45, 7) is 2.47. The lowest BCUT2D eigenvalue weighted by atomic mass is 9.99. The molecule has 0 bridgehead atoms. The van der Waals surface area contributed by atoms with E-state index in [1.165, 1.54) is 23.6 Å². The molecule has 3 rings (SSSR count). The summed E-state index contributed by atoms with van der Waals surface area (Å²) in [5.74, 6) is 0.0867. The highest BCUT2D eigenvalue weighted by atomic mass is 32.2. The molecule has 0 radical (unpaired) electrons. The predicted octanol–water partition coefficient (Wildman–Crippen LogP) is 1.91. The first-order valence-electron chi connectivity index (χ1n) is 7.87. The topological polar surface area (TPSA) is 54.3 Å². The molecular formula is C17H23N3O2S. The minimum Gasteiger partial charge on any atom is -0.346 e. The smallest absolute Gasteiger partial charge is 0.213 e. The van der Waals surface area contributed by atoms with Gasteiger partial charge in [0.15, 0.2) is 0 Å². The van der Waals surface area contributed by atoms with Crippen LogP contribution in [0.2, 0.25) is 0 Å². The Morgan fingerprint density at radius 2 is 2.04 bits per heavy atom. The van der Waals surface area contributed by atoms with Crippen molar-refractivity contribution in [3.63, 3.8) is 0 Å². The van der Waals surface area contributed by atoms with E-state index in [0.29, 0.717) is 6.54 Å². The van der Waals surface area contributed by atoms with E-state index in [2.05, 4.69) is 45.6 Å². The molecule has 6 heteroatoms. The van der Waals surface area contributed by atoms with Gasteiger partial charge in [-0.25, -0.2) is 13.1 Å². The molecule has 5 nitrogen and oxygen atoms in total. The Morgan fingerprint density at radius 3 is 2.74 bits per heavy atom. The number of fused-ring (bicyclic) bond motifs is 1. The van der Waals surface area contributed by atoms with Gasteiger partial charge >= 0.3 is 0 Å². The summed E-state index contributed by atoms with van der Waals surface area (Å²) < 4.78 is 27.9. The molecule has 1 aliphatic rings. The van der Waals surface area contributed by atoms with E-state index in [1.54, 1.807) is 0 Å². The molecule has 0 atom stereocenters. The fourth-order valence-electron chi connectivity index (χ4n) is 3.02. The molecule has 2 aromatic rings. The zero-order valence-corrected chi connectivity index (χ0v) is 14.4. The highest BCUT2D eigenvalue weighted by molar-refractivity contribution is 7.89. The first-order chi connectivity index (χ1) is 11.0. The van der Waals surface area contributed by atoms with Gasteiger partial charge in [-0.2, -0.15) is 0 Å². The molecule has 0 aliphatic carbocycles. The third-order valence-electron chi connectivity index (χ3n) is 4.46. The van der Waals surface area contributed by atoms with Gasteiger partial charge in [-0.3, -0.25) is 0 Å².